The van der Waals surface area contributed by atoms with E-state index in [0.29, 0.717) is 64.5 Å². The number of nitrogens with zero attached hydrogens (tertiary/aromatic N) is 3. The first-order chi connectivity index (χ1) is 16.7. The van der Waals surface area contributed by atoms with E-state index < -0.39 is 28.5 Å². The standard InChI is InChI=1S/C22H18BrClN4O6S/c23-16-3-1-14(11-17(16)24)25-20(29)12-27-21(30)19(35-22(27)31)10-13-9-15(28(32)33)2-4-18(13)26-5-7-34-8-6-26/h1-4,9-11H,5-8,12H2,(H,25,29)/b19-10-. The van der Waals surface area contributed by atoms with E-state index in [0.717, 1.165) is 4.90 Å². The minimum atomic E-state index is -0.650. The molecule has 2 fully saturated rings. The Labute approximate surface area is 217 Å². The van der Waals surface area contributed by atoms with Crippen LogP contribution in [0.3, 0.4) is 0 Å². The zero-order chi connectivity index (χ0) is 25.1. The van der Waals surface area contributed by atoms with Gasteiger partial charge in [-0.15, -0.1) is 0 Å². The third-order valence-electron chi connectivity index (χ3n) is 5.24. The molecule has 2 aliphatic rings. The highest BCUT2D eigenvalue weighted by molar-refractivity contribution is 9.10. The number of nitrogens with one attached hydrogen (secondary N) is 1. The summed E-state index contributed by atoms with van der Waals surface area (Å²) in [6, 6.07) is 9.20. The van der Waals surface area contributed by atoms with Crippen molar-refractivity contribution in [3.8, 4) is 0 Å². The van der Waals surface area contributed by atoms with Crippen molar-refractivity contribution in [1.82, 2.24) is 4.90 Å². The maximum atomic E-state index is 13.0. The van der Waals surface area contributed by atoms with E-state index in [9.17, 15) is 24.5 Å². The third kappa shape index (κ3) is 5.84. The van der Waals surface area contributed by atoms with E-state index in [-0.39, 0.29) is 10.6 Å². The van der Waals surface area contributed by atoms with E-state index in [4.69, 9.17) is 16.3 Å². The number of benzene rings is 2. The maximum Gasteiger partial charge on any atom is 0.294 e. The Hall–Kier alpha value is -2.93. The van der Waals surface area contributed by atoms with E-state index in [1.54, 1.807) is 18.2 Å². The van der Waals surface area contributed by atoms with Gasteiger partial charge in [0.1, 0.15) is 6.54 Å². The number of halogens is 2. The fourth-order valence-electron chi connectivity index (χ4n) is 3.56. The number of hydrogen-bond acceptors (Lipinski definition) is 8. The minimum absolute atomic E-state index is 0.0736. The first-order valence-electron chi connectivity index (χ1n) is 10.3. The number of ether oxygens (including phenoxy) is 1. The van der Waals surface area contributed by atoms with Crippen molar-refractivity contribution in [3.63, 3.8) is 0 Å². The van der Waals surface area contributed by atoms with Gasteiger partial charge in [0.25, 0.3) is 16.8 Å². The molecule has 0 bridgehead atoms. The summed E-state index contributed by atoms with van der Waals surface area (Å²) in [5.74, 6) is -1.22. The van der Waals surface area contributed by atoms with Crippen LogP contribution in [0.4, 0.5) is 21.9 Å². The molecule has 0 spiro atoms. The van der Waals surface area contributed by atoms with Crippen LogP contribution in [0.2, 0.25) is 5.02 Å². The van der Waals surface area contributed by atoms with E-state index in [1.807, 2.05) is 4.90 Å². The molecule has 1 N–H and O–H groups in total. The van der Waals surface area contributed by atoms with Crippen LogP contribution in [0.1, 0.15) is 5.56 Å². The third-order valence-corrected chi connectivity index (χ3v) is 7.38. The number of nitro groups is 1. The number of hydrogen-bond donors (Lipinski definition) is 1. The predicted octanol–water partition coefficient (Wildman–Crippen LogP) is 4.52. The zero-order valence-electron chi connectivity index (χ0n) is 18.0. The van der Waals surface area contributed by atoms with Gasteiger partial charge in [0, 0.05) is 46.6 Å². The number of carbonyl (C=O) groups is 3. The van der Waals surface area contributed by atoms with Gasteiger partial charge in [0.2, 0.25) is 5.91 Å². The maximum absolute atomic E-state index is 13.0. The first kappa shape index (κ1) is 25.2. The molecule has 0 aliphatic carbocycles. The lowest BCUT2D eigenvalue weighted by atomic mass is 10.1. The van der Waals surface area contributed by atoms with Crippen LogP contribution in [0.25, 0.3) is 6.08 Å². The molecule has 4 rings (SSSR count). The van der Waals surface area contributed by atoms with Crippen LogP contribution in [0.5, 0.6) is 0 Å². The summed E-state index contributed by atoms with van der Waals surface area (Å²) >= 11 is 9.97. The Morgan fingerprint density at radius 1 is 1.23 bits per heavy atom. The molecule has 2 aromatic carbocycles. The molecule has 2 aliphatic heterocycles. The summed E-state index contributed by atoms with van der Waals surface area (Å²) in [6.07, 6.45) is 1.45. The molecule has 0 atom stereocenters. The van der Waals surface area contributed by atoms with Crippen LogP contribution in [0, 0.1) is 10.1 Å². The number of thioether (sulfide) groups is 1. The van der Waals surface area contributed by atoms with Gasteiger partial charge in [-0.25, -0.2) is 0 Å². The average molecular weight is 582 g/mol. The molecule has 0 radical (unpaired) electrons. The van der Waals surface area contributed by atoms with Crippen molar-refractivity contribution < 1.29 is 24.0 Å². The highest BCUT2D eigenvalue weighted by Gasteiger charge is 2.36. The highest BCUT2D eigenvalue weighted by Crippen LogP contribution is 2.35. The van der Waals surface area contributed by atoms with Gasteiger partial charge in [-0.3, -0.25) is 29.4 Å². The fourth-order valence-corrected chi connectivity index (χ4v) is 4.82. The predicted molar refractivity (Wildman–Crippen MR) is 137 cm³/mol. The van der Waals surface area contributed by atoms with Crippen molar-refractivity contribution in [2.45, 2.75) is 0 Å². The Bertz CT molecular complexity index is 1250. The summed E-state index contributed by atoms with van der Waals surface area (Å²) in [5.41, 5.74) is 1.40. The smallest absolute Gasteiger partial charge is 0.294 e. The summed E-state index contributed by atoms with van der Waals surface area (Å²) in [4.78, 5) is 51.6. The van der Waals surface area contributed by atoms with Crippen LogP contribution in [-0.2, 0) is 14.3 Å². The van der Waals surface area contributed by atoms with Gasteiger partial charge < -0.3 is 15.0 Å². The van der Waals surface area contributed by atoms with Gasteiger partial charge >= 0.3 is 0 Å². The minimum Gasteiger partial charge on any atom is -0.378 e. The van der Waals surface area contributed by atoms with Gasteiger partial charge in [0.05, 0.1) is 28.1 Å². The summed E-state index contributed by atoms with van der Waals surface area (Å²) in [5, 5.41) is 13.7. The SMILES string of the molecule is O=C(CN1C(=O)S/C(=C\c2cc([N+](=O)[O-])ccc2N2CCOCC2)C1=O)Nc1ccc(Br)c(Cl)c1. The van der Waals surface area contributed by atoms with Crippen LogP contribution >= 0.6 is 39.3 Å². The lowest BCUT2D eigenvalue weighted by Gasteiger charge is -2.30. The Morgan fingerprint density at radius 3 is 2.66 bits per heavy atom. The molecular formula is C22H18BrClN4O6S. The molecular weight excluding hydrogens is 564 g/mol. The van der Waals surface area contributed by atoms with E-state index in [2.05, 4.69) is 21.2 Å². The highest BCUT2D eigenvalue weighted by atomic mass is 79.9. The van der Waals surface area contributed by atoms with Crippen LogP contribution in [-0.4, -0.2) is 59.7 Å². The van der Waals surface area contributed by atoms with Crippen molar-refractivity contribution in [2.24, 2.45) is 0 Å². The number of carbonyl (C=O) groups excluding carboxylic acids is 3. The summed E-state index contributed by atoms with van der Waals surface area (Å²) < 4.78 is 6.03. The van der Waals surface area contributed by atoms with Gasteiger partial charge in [-0.1, -0.05) is 11.6 Å². The number of non-ortho nitro benzene ring substituents is 1. The number of imide groups is 1. The molecule has 182 valence electrons. The van der Waals surface area contributed by atoms with Crippen molar-refractivity contribution in [3.05, 3.63) is 66.5 Å². The molecule has 35 heavy (non-hydrogen) atoms. The molecule has 2 aromatic rings. The second-order valence-corrected chi connectivity index (χ2v) is 9.80. The molecule has 0 saturated carbocycles. The topological polar surface area (TPSA) is 122 Å². The summed E-state index contributed by atoms with van der Waals surface area (Å²) in [6.45, 7) is 1.69. The molecule has 0 unspecified atom stereocenters. The normalized spacial score (nSPS) is 17.3. The molecule has 10 nitrogen and oxygen atoms in total. The molecule has 13 heteroatoms. The second-order valence-electron chi connectivity index (χ2n) is 7.54. The monoisotopic (exact) mass is 580 g/mol. The van der Waals surface area contributed by atoms with Crippen LogP contribution in [0.15, 0.2) is 45.8 Å². The average Bonchev–Trinajstić information content (AvgIpc) is 3.09. The number of morpholine rings is 1. The number of rotatable bonds is 6. The quantitative estimate of drug-likeness (QED) is 0.300. The molecule has 2 heterocycles. The van der Waals surface area contributed by atoms with Crippen molar-refractivity contribution in [2.75, 3.05) is 43.1 Å². The lowest BCUT2D eigenvalue weighted by Crippen LogP contribution is -2.36. The van der Waals surface area contributed by atoms with Crippen molar-refractivity contribution in [1.29, 1.82) is 0 Å². The fraction of sp³-hybridized carbons (Fsp3) is 0.227. The molecule has 3 amide bonds. The Balaban J connectivity index is 1.55. The Kier molecular flexibility index (Phi) is 7.75. The van der Waals surface area contributed by atoms with Crippen molar-refractivity contribution >= 4 is 79.5 Å². The number of anilines is 2. The largest absolute Gasteiger partial charge is 0.378 e. The zero-order valence-corrected chi connectivity index (χ0v) is 21.2. The Morgan fingerprint density at radius 2 is 1.97 bits per heavy atom. The second kappa shape index (κ2) is 10.8. The van der Waals surface area contributed by atoms with Gasteiger partial charge in [0.15, 0.2) is 0 Å². The number of amides is 3. The molecule has 2 saturated heterocycles. The van der Waals surface area contributed by atoms with E-state index >= 15 is 0 Å². The number of nitro benzene ring substituents is 1. The lowest BCUT2D eigenvalue weighted by molar-refractivity contribution is -0.384. The van der Waals surface area contributed by atoms with E-state index in [1.165, 1.54) is 24.3 Å². The van der Waals surface area contributed by atoms with Gasteiger partial charge in [-0.05, 0) is 58.0 Å². The first-order valence-corrected chi connectivity index (χ1v) is 12.3. The molecule has 0 aromatic heterocycles. The van der Waals surface area contributed by atoms with Gasteiger partial charge in [-0.2, -0.15) is 0 Å². The van der Waals surface area contributed by atoms with Crippen LogP contribution < -0.4 is 10.2 Å². The summed E-state index contributed by atoms with van der Waals surface area (Å²) in [7, 11) is 0.